The van der Waals surface area contributed by atoms with E-state index in [1.807, 2.05) is 0 Å². The molecule has 16 heterocycles. The Balaban J connectivity index is 0.658. The van der Waals surface area contributed by atoms with Crippen molar-refractivity contribution >= 4 is 5.97 Å². The van der Waals surface area contributed by atoms with Crippen molar-refractivity contribution in [2.75, 3.05) is 6.61 Å². The van der Waals surface area contributed by atoms with E-state index in [9.17, 15) is 20.1 Å². The van der Waals surface area contributed by atoms with Crippen LogP contribution in [0.2, 0.25) is 0 Å². The summed E-state index contributed by atoms with van der Waals surface area (Å²) in [5.74, 6) is -2.82. The SMILES string of the molecule is C=C1C[C@@H]2CC[C@@]34C[C@@]5(C)O[C@H]6[C@@H](O3)[C@H]3O[C@H](CC[C@@H]3O[C@H]6C5O4)CC(=O)O[C@@H]3[C@@H](C)[C@@H]4O[C@@H]5C[C@]6(C[C@@H]7O[C@]8(C[C@H](C)[C@@H]9O[C@H]([C@@H](O)C[C@@H](O)CO)C[C@@H]9O8)C[C@H](C)[C@@H]7O6)O[C@@H]5C[C@@H]4O[C@H]3C[C@H]3O[C@@H](CC[C@@H]1O2)C[C@@H](C)C3=C. The van der Waals surface area contributed by atoms with E-state index in [-0.39, 0.29) is 140 Å². The van der Waals surface area contributed by atoms with Crippen LogP contribution >= 0.6 is 0 Å². The van der Waals surface area contributed by atoms with E-state index in [1.54, 1.807) is 0 Å². The van der Waals surface area contributed by atoms with E-state index in [0.29, 0.717) is 70.6 Å². The maximum Gasteiger partial charge on any atom is 0.308 e. The lowest BCUT2D eigenvalue weighted by Gasteiger charge is -2.50. The van der Waals surface area contributed by atoms with Crippen LogP contribution in [0.3, 0.4) is 0 Å². The van der Waals surface area contributed by atoms with Crippen LogP contribution in [0, 0.1) is 23.7 Å². The monoisotopic (exact) mass is 1120 g/mol. The van der Waals surface area contributed by atoms with Gasteiger partial charge in [-0.3, -0.25) is 4.79 Å². The van der Waals surface area contributed by atoms with Crippen LogP contribution in [0.15, 0.2) is 24.3 Å². The Morgan fingerprint density at radius 2 is 1.25 bits per heavy atom. The molecular weight excluding hydrogens is 1040 g/mol. The summed E-state index contributed by atoms with van der Waals surface area (Å²) in [6.45, 7) is 19.6. The Hall–Kier alpha value is -1.73. The Labute approximate surface area is 469 Å². The maximum absolute atomic E-state index is 14.6. The number of esters is 1. The van der Waals surface area contributed by atoms with Gasteiger partial charge in [0.25, 0.3) is 0 Å². The van der Waals surface area contributed by atoms with Crippen molar-refractivity contribution in [3.8, 4) is 0 Å². The maximum atomic E-state index is 14.6. The summed E-state index contributed by atoms with van der Waals surface area (Å²) in [7, 11) is 0. The third-order valence-electron chi connectivity index (χ3n) is 22.3. The van der Waals surface area contributed by atoms with E-state index in [2.05, 4.69) is 47.8 Å². The summed E-state index contributed by atoms with van der Waals surface area (Å²) in [6, 6.07) is 0. The molecule has 16 saturated heterocycles. The fourth-order valence-corrected chi connectivity index (χ4v) is 18.6. The van der Waals surface area contributed by atoms with Gasteiger partial charge in [0.1, 0.15) is 42.2 Å². The molecule has 16 aliphatic rings. The van der Waals surface area contributed by atoms with E-state index in [0.717, 1.165) is 43.3 Å². The van der Waals surface area contributed by atoms with Crippen LogP contribution in [0.4, 0.5) is 0 Å². The van der Waals surface area contributed by atoms with Gasteiger partial charge in [0.05, 0.1) is 123 Å². The highest BCUT2D eigenvalue weighted by molar-refractivity contribution is 5.70. The number of fused-ring (bicyclic) bond motifs is 10. The number of carbonyl (C=O) groups is 1. The van der Waals surface area contributed by atoms with Crippen molar-refractivity contribution in [3.05, 3.63) is 24.3 Å². The highest BCUT2D eigenvalue weighted by Crippen LogP contribution is 2.60. The Morgan fingerprint density at radius 1 is 0.550 bits per heavy atom. The second-order valence-electron chi connectivity index (χ2n) is 28.2. The third kappa shape index (κ3) is 9.32. The first kappa shape index (κ1) is 54.9. The zero-order chi connectivity index (χ0) is 54.9. The van der Waals surface area contributed by atoms with Crippen LogP contribution in [0.5, 0.6) is 0 Å². The van der Waals surface area contributed by atoms with Gasteiger partial charge in [-0.1, -0.05) is 40.9 Å². The summed E-state index contributed by atoms with van der Waals surface area (Å²) in [4.78, 5) is 14.6. The van der Waals surface area contributed by atoms with Crippen LogP contribution < -0.4 is 0 Å². The minimum Gasteiger partial charge on any atom is -0.459 e. The van der Waals surface area contributed by atoms with Crippen molar-refractivity contribution < 1.29 is 91.2 Å². The fourth-order valence-electron chi connectivity index (χ4n) is 18.6. The fraction of sp³-hybridized carbons (Fsp3) is 0.918. The van der Waals surface area contributed by atoms with Gasteiger partial charge >= 0.3 is 5.97 Å². The molecule has 12 bridgehead atoms. The van der Waals surface area contributed by atoms with Gasteiger partial charge in [-0.25, -0.2) is 0 Å². The molecule has 0 aromatic rings. The van der Waals surface area contributed by atoms with Crippen LogP contribution in [0.25, 0.3) is 0 Å². The first-order valence-corrected chi connectivity index (χ1v) is 31.2. The number of aliphatic hydroxyl groups excluding tert-OH is 3. The third-order valence-corrected chi connectivity index (χ3v) is 22.3. The van der Waals surface area contributed by atoms with Gasteiger partial charge in [0, 0.05) is 70.1 Å². The molecule has 0 amide bonds. The first-order valence-electron chi connectivity index (χ1n) is 31.2. The topological polar surface area (TPSA) is 216 Å². The van der Waals surface area contributed by atoms with E-state index in [1.165, 1.54) is 0 Å². The predicted octanol–water partition coefficient (Wildman–Crippen LogP) is 5.32. The van der Waals surface area contributed by atoms with Gasteiger partial charge in [0.15, 0.2) is 17.4 Å². The number of hydrogen-bond donors (Lipinski definition) is 3. The van der Waals surface area contributed by atoms with E-state index < -0.39 is 78.4 Å². The Morgan fingerprint density at radius 3 is 2.09 bits per heavy atom. The van der Waals surface area contributed by atoms with Crippen molar-refractivity contribution in [2.45, 2.75) is 320 Å². The largest absolute Gasteiger partial charge is 0.459 e. The van der Waals surface area contributed by atoms with Crippen molar-refractivity contribution in [2.24, 2.45) is 23.7 Å². The molecule has 3 spiro atoms. The minimum absolute atomic E-state index is 0.00300. The molecule has 16 fully saturated rings. The lowest BCUT2D eigenvalue weighted by Crippen LogP contribution is -2.62. The van der Waals surface area contributed by atoms with Crippen LogP contribution in [0.1, 0.15) is 150 Å². The zero-order valence-electron chi connectivity index (χ0n) is 47.4. The minimum atomic E-state index is -1.02. The molecular formula is C61H88O19. The average Bonchev–Trinajstić information content (AvgIpc) is 4.40. The average molecular weight is 1130 g/mol. The van der Waals surface area contributed by atoms with Gasteiger partial charge in [0.2, 0.25) is 0 Å². The van der Waals surface area contributed by atoms with Crippen molar-refractivity contribution in [1.82, 2.24) is 0 Å². The van der Waals surface area contributed by atoms with Crippen LogP contribution in [-0.2, 0) is 75.8 Å². The Bertz CT molecular complexity index is 2390. The van der Waals surface area contributed by atoms with E-state index in [4.69, 9.17) is 71.1 Å². The summed E-state index contributed by atoms with van der Waals surface area (Å²) in [6.07, 6.45) is 1.95. The second-order valence-corrected chi connectivity index (χ2v) is 28.2. The van der Waals surface area contributed by atoms with Crippen molar-refractivity contribution in [3.63, 3.8) is 0 Å². The summed E-state index contributed by atoms with van der Waals surface area (Å²) >= 11 is 0. The molecule has 32 atom stereocenters. The van der Waals surface area contributed by atoms with Gasteiger partial charge in [-0.05, 0) is 80.8 Å². The molecule has 0 aromatic heterocycles. The summed E-state index contributed by atoms with van der Waals surface area (Å²) < 4.78 is 104. The van der Waals surface area contributed by atoms with Crippen molar-refractivity contribution in [1.29, 1.82) is 0 Å². The van der Waals surface area contributed by atoms with Gasteiger partial charge in [-0.15, -0.1) is 0 Å². The molecule has 16 rings (SSSR count). The number of rotatable bonds is 4. The lowest BCUT2D eigenvalue weighted by atomic mass is 9.79. The second kappa shape index (κ2) is 20.2. The molecule has 0 aromatic carbocycles. The smallest absolute Gasteiger partial charge is 0.308 e. The van der Waals surface area contributed by atoms with Crippen LogP contribution in [-0.4, -0.2) is 197 Å². The Kier molecular flexibility index (Phi) is 13.8. The molecule has 446 valence electrons. The highest BCUT2D eigenvalue weighted by Gasteiger charge is 2.73. The molecule has 16 aliphatic heterocycles. The number of hydrogen-bond acceptors (Lipinski definition) is 19. The number of carbonyl (C=O) groups excluding carboxylic acids is 1. The van der Waals surface area contributed by atoms with Gasteiger partial charge in [-0.2, -0.15) is 0 Å². The zero-order valence-corrected chi connectivity index (χ0v) is 47.4. The predicted molar refractivity (Wildman–Crippen MR) is 278 cm³/mol. The summed E-state index contributed by atoms with van der Waals surface area (Å²) in [5, 5.41) is 30.4. The highest BCUT2D eigenvalue weighted by atomic mass is 16.8. The quantitative estimate of drug-likeness (QED) is 0.240. The molecule has 3 N–H and O–H groups in total. The summed E-state index contributed by atoms with van der Waals surface area (Å²) in [5.41, 5.74) is 1.60. The molecule has 0 radical (unpaired) electrons. The number of aliphatic hydroxyl groups is 3. The van der Waals surface area contributed by atoms with Gasteiger partial charge < -0.3 is 86.4 Å². The molecule has 1 unspecified atom stereocenters. The van der Waals surface area contributed by atoms with E-state index >= 15 is 0 Å². The number of ether oxygens (including phenoxy) is 15. The lowest BCUT2D eigenvalue weighted by molar-refractivity contribution is -0.347. The first-order chi connectivity index (χ1) is 38.3. The normalized spacial score (nSPS) is 57.6. The standard InChI is InChI=1S/C61H88O19/c1-27-14-34-8-10-38-28(2)15-36(66-38)12-13-59-26-58(7)57(80-59)56-55(77-58)54(79-59)53-39(70-56)11-9-35(68-53)17-48(65)73-52-32(6)51-44(69-43(52)18-40(67-34)31(27)5)20-42-46(72-51)23-61(74-42)24-47-50(78-61)30(4)22-60(76-47)21-29(3)49-45(75-60)19-41(71-49)37(64)16-33(63)25-62/h27,29-30,32-47,49-57,62-64H,2,5,8-26H2,1,3-4,6-7H3/t27-,29+,30+,32+,33-,34+,35-,36+,37+,38+,39+,40-,41+,42-,43+,44+,45+,46-,47+,49+,50+,51+,52-,53+,54+,55+,56-,57?,58-,59-,60-,61+/m1/s1. The molecule has 0 aliphatic carbocycles. The molecule has 0 saturated carbocycles. The molecule has 19 nitrogen and oxygen atoms in total. The molecule has 19 heteroatoms. The molecule has 80 heavy (non-hydrogen) atoms.